The number of rotatable bonds is 1. The molecule has 0 amide bonds. The average Bonchev–Trinajstić information content (AvgIpc) is 2.54. The molecule has 0 saturated carbocycles. The number of benzene rings is 2. The van der Waals surface area contributed by atoms with Crippen LogP contribution in [0.1, 0.15) is 22.7 Å². The van der Waals surface area contributed by atoms with E-state index in [4.69, 9.17) is 9.47 Å². The van der Waals surface area contributed by atoms with Gasteiger partial charge in [-0.3, -0.25) is 5.43 Å². The van der Waals surface area contributed by atoms with E-state index in [0.717, 1.165) is 22.6 Å². The van der Waals surface area contributed by atoms with E-state index in [9.17, 15) is 0 Å². The Balaban J connectivity index is 1.76. The van der Waals surface area contributed by atoms with Crippen LogP contribution in [-0.2, 0) is 0 Å². The zero-order chi connectivity index (χ0) is 13.4. The molecular weight excluding hydrogens is 252 g/mol. The Morgan fingerprint density at radius 2 is 1.85 bits per heavy atom. The third kappa shape index (κ3) is 1.81. The molecule has 2 aromatic rings. The van der Waals surface area contributed by atoms with Gasteiger partial charge in [-0.05, 0) is 23.3 Å². The van der Waals surface area contributed by atoms with Gasteiger partial charge in [0.25, 0.3) is 0 Å². The minimum atomic E-state index is 0.0482. The monoisotopic (exact) mass is 266 g/mol. The summed E-state index contributed by atoms with van der Waals surface area (Å²) in [6, 6.07) is 14.4. The summed E-state index contributed by atoms with van der Waals surface area (Å²) in [5.74, 6) is 1.62. The van der Waals surface area contributed by atoms with Crippen LogP contribution in [0.25, 0.3) is 0 Å². The minimum absolute atomic E-state index is 0.0482. The largest absolute Gasteiger partial charge is 0.486 e. The van der Waals surface area contributed by atoms with Crippen LogP contribution >= 0.6 is 0 Å². The van der Waals surface area contributed by atoms with Crippen molar-refractivity contribution in [2.45, 2.75) is 6.04 Å². The molecular formula is C16H14N2O2. The molecule has 2 aromatic carbocycles. The lowest BCUT2D eigenvalue weighted by molar-refractivity contribution is 0.171. The minimum Gasteiger partial charge on any atom is -0.486 e. The van der Waals surface area contributed by atoms with Gasteiger partial charge in [-0.15, -0.1) is 0 Å². The summed E-state index contributed by atoms with van der Waals surface area (Å²) in [6.45, 7) is 1.21. The summed E-state index contributed by atoms with van der Waals surface area (Å²) in [4.78, 5) is 0. The molecule has 0 aliphatic carbocycles. The Kier molecular flexibility index (Phi) is 2.59. The van der Waals surface area contributed by atoms with Gasteiger partial charge in [0, 0.05) is 5.56 Å². The zero-order valence-electron chi connectivity index (χ0n) is 10.9. The second-order valence-electron chi connectivity index (χ2n) is 4.85. The second kappa shape index (κ2) is 4.56. The maximum absolute atomic E-state index is 5.65. The molecule has 1 atom stereocenters. The number of hydrogen-bond donors (Lipinski definition) is 1. The predicted octanol–water partition coefficient (Wildman–Crippen LogP) is 2.48. The van der Waals surface area contributed by atoms with Crippen LogP contribution in [0.4, 0.5) is 0 Å². The standard InChI is InChI=1S/C16H14N2O2/c1-2-4-13-12(3-1)10-17-18-16(13)11-5-6-14-15(9-11)20-8-7-19-14/h1-6,9-10,16,18H,7-8H2. The topological polar surface area (TPSA) is 42.9 Å². The summed E-state index contributed by atoms with van der Waals surface area (Å²) in [5.41, 5.74) is 6.66. The first-order valence-corrected chi connectivity index (χ1v) is 6.69. The van der Waals surface area contributed by atoms with Crippen LogP contribution in [-0.4, -0.2) is 19.4 Å². The normalized spacial score (nSPS) is 19.1. The first-order chi connectivity index (χ1) is 9.92. The molecule has 0 spiro atoms. The molecule has 2 heterocycles. The maximum atomic E-state index is 5.65. The molecule has 2 aliphatic rings. The Morgan fingerprint density at radius 3 is 2.80 bits per heavy atom. The van der Waals surface area contributed by atoms with Gasteiger partial charge < -0.3 is 9.47 Å². The molecule has 0 saturated heterocycles. The van der Waals surface area contributed by atoms with E-state index in [1.54, 1.807) is 0 Å². The van der Waals surface area contributed by atoms with E-state index in [0.29, 0.717) is 13.2 Å². The molecule has 4 nitrogen and oxygen atoms in total. The van der Waals surface area contributed by atoms with Crippen molar-refractivity contribution in [2.75, 3.05) is 13.2 Å². The summed E-state index contributed by atoms with van der Waals surface area (Å²) in [5, 5.41) is 4.24. The van der Waals surface area contributed by atoms with Crippen LogP contribution in [0.3, 0.4) is 0 Å². The lowest BCUT2D eigenvalue weighted by Crippen LogP contribution is -2.23. The van der Waals surface area contributed by atoms with Crippen molar-refractivity contribution in [1.29, 1.82) is 0 Å². The van der Waals surface area contributed by atoms with Crippen LogP contribution in [0.5, 0.6) is 11.5 Å². The van der Waals surface area contributed by atoms with Gasteiger partial charge >= 0.3 is 0 Å². The van der Waals surface area contributed by atoms with Crippen molar-refractivity contribution in [3.05, 3.63) is 59.2 Å². The van der Waals surface area contributed by atoms with Gasteiger partial charge in [0.1, 0.15) is 13.2 Å². The maximum Gasteiger partial charge on any atom is 0.161 e. The highest BCUT2D eigenvalue weighted by Crippen LogP contribution is 2.35. The zero-order valence-corrected chi connectivity index (χ0v) is 10.9. The van der Waals surface area contributed by atoms with Crippen molar-refractivity contribution in [1.82, 2.24) is 5.43 Å². The van der Waals surface area contributed by atoms with Crippen molar-refractivity contribution < 1.29 is 9.47 Å². The average molecular weight is 266 g/mol. The van der Waals surface area contributed by atoms with Crippen molar-refractivity contribution in [3.63, 3.8) is 0 Å². The third-order valence-electron chi connectivity index (χ3n) is 3.61. The molecule has 4 heteroatoms. The van der Waals surface area contributed by atoms with Crippen molar-refractivity contribution in [3.8, 4) is 11.5 Å². The number of nitrogens with zero attached hydrogens (tertiary/aromatic N) is 1. The highest BCUT2D eigenvalue weighted by molar-refractivity contribution is 5.83. The second-order valence-corrected chi connectivity index (χ2v) is 4.85. The van der Waals surface area contributed by atoms with Gasteiger partial charge in [0.2, 0.25) is 0 Å². The highest BCUT2D eigenvalue weighted by atomic mass is 16.6. The number of hydrazone groups is 1. The van der Waals surface area contributed by atoms with Gasteiger partial charge in [0.05, 0.1) is 12.3 Å². The van der Waals surface area contributed by atoms with E-state index in [2.05, 4.69) is 28.7 Å². The Labute approximate surface area is 117 Å². The van der Waals surface area contributed by atoms with Gasteiger partial charge in [-0.25, -0.2) is 0 Å². The summed E-state index contributed by atoms with van der Waals surface area (Å²) in [7, 11) is 0. The van der Waals surface area contributed by atoms with Crippen LogP contribution in [0.2, 0.25) is 0 Å². The molecule has 1 unspecified atom stereocenters. The van der Waals surface area contributed by atoms with E-state index < -0.39 is 0 Å². The van der Waals surface area contributed by atoms with E-state index >= 15 is 0 Å². The van der Waals surface area contributed by atoms with Crippen LogP contribution in [0, 0.1) is 0 Å². The first kappa shape index (κ1) is 11.3. The molecule has 0 radical (unpaired) electrons. The molecule has 1 N–H and O–H groups in total. The first-order valence-electron chi connectivity index (χ1n) is 6.69. The van der Waals surface area contributed by atoms with E-state index in [-0.39, 0.29) is 6.04 Å². The third-order valence-corrected chi connectivity index (χ3v) is 3.61. The summed E-state index contributed by atoms with van der Waals surface area (Å²) in [6.07, 6.45) is 1.85. The Hall–Kier alpha value is -2.49. The van der Waals surface area contributed by atoms with E-state index in [1.807, 2.05) is 30.5 Å². The molecule has 100 valence electrons. The lowest BCUT2D eigenvalue weighted by Gasteiger charge is -2.25. The van der Waals surface area contributed by atoms with Crippen LogP contribution in [0.15, 0.2) is 47.6 Å². The van der Waals surface area contributed by atoms with Gasteiger partial charge in [-0.1, -0.05) is 30.3 Å². The molecule has 4 rings (SSSR count). The number of hydrogen-bond acceptors (Lipinski definition) is 4. The number of ether oxygens (including phenoxy) is 2. The molecule has 0 fully saturated rings. The Morgan fingerprint density at radius 1 is 1.00 bits per heavy atom. The molecule has 20 heavy (non-hydrogen) atoms. The molecule has 0 aromatic heterocycles. The van der Waals surface area contributed by atoms with Crippen LogP contribution < -0.4 is 14.9 Å². The van der Waals surface area contributed by atoms with Crippen molar-refractivity contribution >= 4 is 6.21 Å². The number of nitrogens with one attached hydrogen (secondary N) is 1. The summed E-state index contributed by atoms with van der Waals surface area (Å²) >= 11 is 0. The molecule has 2 aliphatic heterocycles. The Bertz CT molecular complexity index is 682. The fourth-order valence-electron chi connectivity index (χ4n) is 2.64. The highest BCUT2D eigenvalue weighted by Gasteiger charge is 2.21. The van der Waals surface area contributed by atoms with E-state index in [1.165, 1.54) is 5.56 Å². The fraction of sp³-hybridized carbons (Fsp3) is 0.188. The molecule has 0 bridgehead atoms. The SMILES string of the molecule is C1=NNC(c2ccc3c(c2)OCCO3)c2ccccc21. The van der Waals surface area contributed by atoms with Gasteiger partial charge in [-0.2, -0.15) is 5.10 Å². The predicted molar refractivity (Wildman–Crippen MR) is 76.4 cm³/mol. The van der Waals surface area contributed by atoms with Crippen molar-refractivity contribution in [2.24, 2.45) is 5.10 Å². The summed E-state index contributed by atoms with van der Waals surface area (Å²) < 4.78 is 11.2. The quantitative estimate of drug-likeness (QED) is 0.862. The fourth-order valence-corrected chi connectivity index (χ4v) is 2.64. The van der Waals surface area contributed by atoms with Gasteiger partial charge in [0.15, 0.2) is 11.5 Å². The smallest absolute Gasteiger partial charge is 0.161 e. The number of fused-ring (bicyclic) bond motifs is 2. The lowest BCUT2D eigenvalue weighted by atomic mass is 9.94.